The van der Waals surface area contributed by atoms with E-state index in [1.807, 2.05) is 6.26 Å². The van der Waals surface area contributed by atoms with Gasteiger partial charge in [0.25, 0.3) is 0 Å². The zero-order valence-electron chi connectivity index (χ0n) is 6.59. The van der Waals surface area contributed by atoms with Gasteiger partial charge in [-0.2, -0.15) is 0 Å². The number of rotatable bonds is 4. The fourth-order valence-electron chi connectivity index (χ4n) is 0.537. The second-order valence-corrected chi connectivity index (χ2v) is 4.03. The monoisotopic (exact) mass is 178 g/mol. The van der Waals surface area contributed by atoms with E-state index in [9.17, 15) is 9.59 Å². The second kappa shape index (κ2) is 5.01. The third-order valence-corrected chi connectivity index (χ3v) is 2.39. The largest absolute Gasteiger partial charge is 0.481 e. The van der Waals surface area contributed by atoms with Gasteiger partial charge in [-0.05, 0) is 6.26 Å². The minimum absolute atomic E-state index is 0.110. The van der Waals surface area contributed by atoms with E-state index in [0.717, 1.165) is 0 Å². The van der Waals surface area contributed by atoms with Crippen LogP contribution in [0.4, 0.5) is 0 Å². The van der Waals surface area contributed by atoms with Gasteiger partial charge < -0.3 is 9.83 Å². The molecule has 0 aromatic heterocycles. The van der Waals surface area contributed by atoms with E-state index in [1.165, 1.54) is 6.92 Å². The lowest BCUT2D eigenvalue weighted by Gasteiger charge is -2.12. The van der Waals surface area contributed by atoms with Crippen LogP contribution in [0.15, 0.2) is 0 Å². The van der Waals surface area contributed by atoms with Gasteiger partial charge in [0.2, 0.25) is 5.91 Å². The molecule has 65 valence electrons. The number of nitrogens with one attached hydrogen (secondary N) is 1. The number of carboxylic acids is 1. The third-order valence-electron chi connectivity index (χ3n) is 0.940. The lowest BCUT2D eigenvalue weighted by Crippen LogP contribution is -2.18. The first-order valence-electron chi connectivity index (χ1n) is 3.14. The molecule has 0 aromatic rings. The molecule has 1 radical (unpaired) electrons. The Morgan fingerprint density at radius 2 is 2.09 bits per heavy atom. The molecular formula is C6H12NO3S. The van der Waals surface area contributed by atoms with Crippen LogP contribution in [-0.2, 0) is 9.59 Å². The predicted octanol–water partition coefficient (Wildman–Crippen LogP) is 0.411. The van der Waals surface area contributed by atoms with Gasteiger partial charge in [0.15, 0.2) is 0 Å². The Balaban J connectivity index is 3.44. The van der Waals surface area contributed by atoms with E-state index in [4.69, 9.17) is 5.11 Å². The Morgan fingerprint density at radius 1 is 1.55 bits per heavy atom. The molecule has 0 fully saturated rings. The molecule has 0 saturated carbocycles. The Morgan fingerprint density at radius 3 is 2.45 bits per heavy atom. The van der Waals surface area contributed by atoms with Gasteiger partial charge in [0, 0.05) is 12.7 Å². The molecule has 0 aromatic carbocycles. The second-order valence-electron chi connectivity index (χ2n) is 2.14. The van der Waals surface area contributed by atoms with Crippen molar-refractivity contribution < 1.29 is 14.7 Å². The van der Waals surface area contributed by atoms with E-state index in [-0.39, 0.29) is 23.4 Å². The summed E-state index contributed by atoms with van der Waals surface area (Å²) in [4.78, 5) is 20.5. The van der Waals surface area contributed by atoms with Crippen LogP contribution in [0.1, 0.15) is 13.3 Å². The Kier molecular flexibility index (Phi) is 4.69. The van der Waals surface area contributed by atoms with Crippen molar-refractivity contribution in [1.29, 1.82) is 0 Å². The summed E-state index contributed by atoms with van der Waals surface area (Å²) in [6.07, 6.45) is 1.92. The molecule has 0 unspecified atom stereocenters. The fraction of sp³-hybridized carbons (Fsp3) is 0.667. The summed E-state index contributed by atoms with van der Waals surface area (Å²) in [7, 11) is 0. The van der Waals surface area contributed by atoms with Crippen LogP contribution in [0.3, 0.4) is 0 Å². The molecule has 11 heavy (non-hydrogen) atoms. The average molecular weight is 178 g/mol. The molecule has 0 atom stereocenters. The van der Waals surface area contributed by atoms with Gasteiger partial charge in [-0.1, -0.05) is 0 Å². The summed E-state index contributed by atoms with van der Waals surface area (Å²) in [5.41, 5.74) is 0. The van der Waals surface area contributed by atoms with Crippen LogP contribution in [0.25, 0.3) is 0 Å². The highest BCUT2D eigenvalue weighted by Crippen LogP contribution is 2.14. The summed E-state index contributed by atoms with van der Waals surface area (Å²) in [5, 5.41) is 8.29. The first-order valence-corrected chi connectivity index (χ1v) is 4.94. The van der Waals surface area contributed by atoms with E-state index in [2.05, 4.69) is 4.72 Å². The summed E-state index contributed by atoms with van der Waals surface area (Å²) in [6.45, 7) is 1.42. The van der Waals surface area contributed by atoms with Crippen LogP contribution in [-0.4, -0.2) is 29.0 Å². The molecule has 1 amide bonds. The number of carbonyl (C=O) groups is 2. The highest BCUT2D eigenvalue weighted by molar-refractivity contribution is 8.15. The number of carbonyl (C=O) groups excluding carboxylic acids is 1. The number of amides is 1. The van der Waals surface area contributed by atoms with Crippen LogP contribution < -0.4 is 4.72 Å². The summed E-state index contributed by atoms with van der Waals surface area (Å²) >= 11 is -0.301. The molecule has 5 heteroatoms. The molecule has 4 nitrogen and oxygen atoms in total. The zero-order valence-corrected chi connectivity index (χ0v) is 7.40. The lowest BCUT2D eigenvalue weighted by molar-refractivity contribution is -0.136. The van der Waals surface area contributed by atoms with Crippen molar-refractivity contribution >= 4 is 23.0 Å². The van der Waals surface area contributed by atoms with Crippen molar-refractivity contribution in [3.05, 3.63) is 0 Å². The van der Waals surface area contributed by atoms with Gasteiger partial charge in [0.05, 0.1) is 6.42 Å². The van der Waals surface area contributed by atoms with E-state index < -0.39 is 5.97 Å². The molecule has 0 aliphatic rings. The van der Waals surface area contributed by atoms with Crippen LogP contribution in [0.2, 0.25) is 0 Å². The van der Waals surface area contributed by atoms with Crippen molar-refractivity contribution in [2.75, 3.05) is 12.0 Å². The van der Waals surface area contributed by atoms with E-state index >= 15 is 0 Å². The SMILES string of the molecule is CC(=O)N[S](C)CCC(=O)O. The number of hydrogen-bond acceptors (Lipinski definition) is 2. The maximum absolute atomic E-state index is 10.4. The molecule has 0 bridgehead atoms. The van der Waals surface area contributed by atoms with E-state index in [1.54, 1.807) is 0 Å². The predicted molar refractivity (Wildman–Crippen MR) is 44.5 cm³/mol. The number of carboxylic acid groups (broad SMARTS) is 1. The van der Waals surface area contributed by atoms with Crippen molar-refractivity contribution in [1.82, 2.24) is 4.72 Å². The van der Waals surface area contributed by atoms with Gasteiger partial charge in [-0.3, -0.25) is 9.59 Å². The molecule has 0 spiro atoms. The first kappa shape index (κ1) is 10.3. The first-order chi connectivity index (χ1) is 5.02. The highest BCUT2D eigenvalue weighted by Gasteiger charge is 2.03. The van der Waals surface area contributed by atoms with Crippen LogP contribution in [0.5, 0.6) is 0 Å². The topological polar surface area (TPSA) is 66.4 Å². The van der Waals surface area contributed by atoms with Crippen LogP contribution >= 0.6 is 11.1 Å². The number of aliphatic carboxylic acids is 1. The minimum Gasteiger partial charge on any atom is -0.481 e. The standard InChI is InChI=1S/C6H12NO3S/c1-5(8)7-11(2)4-3-6(9)10/h3-4H2,1-2H3,(H,7,8)(H,9,10). The Bertz CT molecular complexity index is 160. The molecule has 0 saturated heterocycles. The van der Waals surface area contributed by atoms with E-state index in [0.29, 0.717) is 5.75 Å². The third kappa shape index (κ3) is 7.18. The Labute approximate surface area is 68.5 Å². The maximum atomic E-state index is 10.4. The van der Waals surface area contributed by atoms with Crippen molar-refractivity contribution in [2.24, 2.45) is 0 Å². The van der Waals surface area contributed by atoms with Crippen molar-refractivity contribution in [3.63, 3.8) is 0 Å². The summed E-state index contributed by atoms with van der Waals surface area (Å²) < 4.78 is 2.62. The normalized spacial score (nSPS) is 9.73. The van der Waals surface area contributed by atoms with Crippen molar-refractivity contribution in [3.8, 4) is 0 Å². The van der Waals surface area contributed by atoms with Crippen molar-refractivity contribution in [2.45, 2.75) is 13.3 Å². The quantitative estimate of drug-likeness (QED) is 0.655. The van der Waals surface area contributed by atoms with Gasteiger partial charge in [-0.25, -0.2) is 0 Å². The molecule has 0 aliphatic heterocycles. The molecule has 2 N–H and O–H groups in total. The van der Waals surface area contributed by atoms with Gasteiger partial charge in [-0.15, -0.1) is 11.1 Å². The minimum atomic E-state index is -0.824. The lowest BCUT2D eigenvalue weighted by atomic mass is 10.5. The number of hydrogen-bond donors (Lipinski definition) is 2. The fourth-order valence-corrected chi connectivity index (χ4v) is 1.61. The smallest absolute Gasteiger partial charge is 0.304 e. The van der Waals surface area contributed by atoms with Gasteiger partial charge >= 0.3 is 5.97 Å². The van der Waals surface area contributed by atoms with Gasteiger partial charge in [0.1, 0.15) is 0 Å². The molecular weight excluding hydrogens is 166 g/mol. The average Bonchev–Trinajstić information content (AvgIpc) is 1.82. The maximum Gasteiger partial charge on any atom is 0.304 e. The molecule has 0 rings (SSSR count). The van der Waals surface area contributed by atoms with Crippen LogP contribution in [0, 0.1) is 0 Å². The highest BCUT2D eigenvalue weighted by atomic mass is 32.2. The summed E-state index contributed by atoms with van der Waals surface area (Å²) in [6, 6.07) is 0. The summed E-state index contributed by atoms with van der Waals surface area (Å²) in [5.74, 6) is -0.425. The molecule has 0 aliphatic carbocycles. The zero-order chi connectivity index (χ0) is 8.85. The Hall–Kier alpha value is -0.710. The molecule has 0 heterocycles.